The highest BCUT2D eigenvalue weighted by molar-refractivity contribution is 5.44. The summed E-state index contributed by atoms with van der Waals surface area (Å²) in [5.74, 6) is 1.87. The molecule has 0 spiro atoms. The molecule has 1 fully saturated rings. The van der Waals surface area contributed by atoms with Crippen LogP contribution in [-0.2, 0) is 4.74 Å². The first-order valence-corrected chi connectivity index (χ1v) is 7.75. The number of methoxy groups -OCH3 is 1. The molecule has 2 aliphatic rings. The van der Waals surface area contributed by atoms with E-state index in [-0.39, 0.29) is 5.60 Å². The van der Waals surface area contributed by atoms with Crippen LogP contribution in [-0.4, -0.2) is 31.0 Å². The summed E-state index contributed by atoms with van der Waals surface area (Å²) in [6.45, 7) is 3.41. The normalized spacial score (nSPS) is 24.8. The summed E-state index contributed by atoms with van der Waals surface area (Å²) >= 11 is 0. The zero-order valence-corrected chi connectivity index (χ0v) is 12.8. The fourth-order valence-corrected chi connectivity index (χ4v) is 3.01. The van der Waals surface area contributed by atoms with Crippen molar-refractivity contribution in [1.29, 1.82) is 0 Å². The van der Waals surface area contributed by atoms with Gasteiger partial charge in [0.15, 0.2) is 11.5 Å². The van der Waals surface area contributed by atoms with E-state index in [0.717, 1.165) is 29.9 Å². The molecule has 3 rings (SSSR count). The molecule has 4 nitrogen and oxygen atoms in total. The molecule has 2 unspecified atom stereocenters. The first kappa shape index (κ1) is 14.7. The number of benzene rings is 1. The van der Waals surface area contributed by atoms with Crippen LogP contribution in [0.1, 0.15) is 44.3 Å². The number of rotatable bonds is 4. The summed E-state index contributed by atoms with van der Waals surface area (Å²) in [6, 6.07) is 5.72. The van der Waals surface area contributed by atoms with E-state index >= 15 is 0 Å². The van der Waals surface area contributed by atoms with Crippen molar-refractivity contribution in [2.45, 2.75) is 44.3 Å². The van der Waals surface area contributed by atoms with Crippen LogP contribution in [0.25, 0.3) is 0 Å². The van der Waals surface area contributed by atoms with Gasteiger partial charge in [-0.1, -0.05) is 13.0 Å². The molecule has 21 heavy (non-hydrogen) atoms. The molecule has 0 saturated heterocycles. The molecule has 1 aromatic carbocycles. The third-order valence-electron chi connectivity index (χ3n) is 4.66. The lowest BCUT2D eigenvalue weighted by atomic mass is 9.75. The van der Waals surface area contributed by atoms with E-state index in [1.807, 2.05) is 18.2 Å². The topological polar surface area (TPSA) is 47.9 Å². The Labute approximate surface area is 126 Å². The Balaban J connectivity index is 1.74. The second-order valence-corrected chi connectivity index (χ2v) is 6.39. The summed E-state index contributed by atoms with van der Waals surface area (Å²) in [5.41, 5.74) is 0.730. The molecule has 0 bridgehead atoms. The molecule has 0 amide bonds. The predicted molar refractivity (Wildman–Crippen MR) is 79.8 cm³/mol. The lowest BCUT2D eigenvalue weighted by Gasteiger charge is -2.41. The third-order valence-corrected chi connectivity index (χ3v) is 4.66. The average Bonchev–Trinajstić information content (AvgIpc) is 2.64. The van der Waals surface area contributed by atoms with E-state index in [2.05, 4.69) is 6.92 Å². The van der Waals surface area contributed by atoms with E-state index in [9.17, 15) is 5.11 Å². The van der Waals surface area contributed by atoms with E-state index in [0.29, 0.717) is 25.6 Å². The number of fused-ring (bicyclic) bond motifs is 1. The minimum absolute atomic E-state index is 0.141. The largest absolute Gasteiger partial charge is 0.489 e. The molecule has 0 aromatic heterocycles. The second kappa shape index (κ2) is 5.85. The molecular weight excluding hydrogens is 268 g/mol. The number of hydrogen-bond acceptors (Lipinski definition) is 4. The van der Waals surface area contributed by atoms with Crippen LogP contribution in [0.3, 0.4) is 0 Å². The minimum atomic E-state index is -0.528. The van der Waals surface area contributed by atoms with E-state index in [1.165, 1.54) is 6.42 Å². The lowest BCUT2D eigenvalue weighted by Crippen LogP contribution is -2.40. The van der Waals surface area contributed by atoms with Crippen LogP contribution < -0.4 is 9.47 Å². The van der Waals surface area contributed by atoms with Crippen molar-refractivity contribution in [3.63, 3.8) is 0 Å². The lowest BCUT2D eigenvalue weighted by molar-refractivity contribution is -0.0999. The maximum atomic E-state index is 10.5. The minimum Gasteiger partial charge on any atom is -0.489 e. The van der Waals surface area contributed by atoms with Gasteiger partial charge < -0.3 is 19.3 Å². The van der Waals surface area contributed by atoms with Crippen molar-refractivity contribution < 1.29 is 19.3 Å². The van der Waals surface area contributed by atoms with E-state index in [1.54, 1.807) is 7.11 Å². The molecule has 1 saturated carbocycles. The first-order valence-electron chi connectivity index (χ1n) is 7.75. The zero-order valence-electron chi connectivity index (χ0n) is 12.8. The zero-order chi connectivity index (χ0) is 14.9. The van der Waals surface area contributed by atoms with Gasteiger partial charge in [-0.25, -0.2) is 0 Å². The van der Waals surface area contributed by atoms with Gasteiger partial charge in [0.2, 0.25) is 0 Å². The molecule has 116 valence electrons. The van der Waals surface area contributed by atoms with Crippen molar-refractivity contribution in [2.75, 3.05) is 20.3 Å². The monoisotopic (exact) mass is 292 g/mol. The first-order chi connectivity index (χ1) is 10.1. The summed E-state index contributed by atoms with van der Waals surface area (Å²) in [7, 11) is 1.74. The predicted octanol–water partition coefficient (Wildman–Crippen LogP) is 3.09. The number of aliphatic hydroxyl groups excluding tert-OH is 1. The fourth-order valence-electron chi connectivity index (χ4n) is 3.01. The maximum absolute atomic E-state index is 10.5. The standard InChI is InChI=1S/C17H24O4/c1-12-10-20-15-5-4-13(8-16(15)21-11-12)14(18)9-17(19-2)6-3-7-17/h4-5,8,12,14,18H,3,6-7,9-11H2,1-2H3. The Hall–Kier alpha value is -1.26. The SMILES string of the molecule is COC1(CC(O)c2ccc3c(c2)OCC(C)CO3)CCC1. The molecular formula is C17H24O4. The van der Waals surface area contributed by atoms with Crippen LogP contribution >= 0.6 is 0 Å². The van der Waals surface area contributed by atoms with Gasteiger partial charge in [0.1, 0.15) is 0 Å². The Morgan fingerprint density at radius 2 is 2.00 bits per heavy atom. The van der Waals surface area contributed by atoms with Gasteiger partial charge in [-0.3, -0.25) is 0 Å². The van der Waals surface area contributed by atoms with Gasteiger partial charge in [-0.05, 0) is 37.0 Å². The molecule has 4 heteroatoms. The Kier molecular flexibility index (Phi) is 4.09. The van der Waals surface area contributed by atoms with Crippen molar-refractivity contribution in [3.05, 3.63) is 23.8 Å². The van der Waals surface area contributed by atoms with Crippen molar-refractivity contribution in [2.24, 2.45) is 5.92 Å². The number of ether oxygens (including phenoxy) is 3. The van der Waals surface area contributed by atoms with Crippen molar-refractivity contribution in [1.82, 2.24) is 0 Å². The third kappa shape index (κ3) is 3.01. The second-order valence-electron chi connectivity index (χ2n) is 6.39. The highest BCUT2D eigenvalue weighted by Gasteiger charge is 2.39. The fraction of sp³-hybridized carbons (Fsp3) is 0.647. The molecule has 2 atom stereocenters. The van der Waals surface area contributed by atoms with Gasteiger partial charge in [0.05, 0.1) is 24.9 Å². The van der Waals surface area contributed by atoms with Crippen LogP contribution in [0.15, 0.2) is 18.2 Å². The molecule has 1 aliphatic heterocycles. The van der Waals surface area contributed by atoms with Crippen molar-refractivity contribution in [3.8, 4) is 11.5 Å². The summed E-state index contributed by atoms with van der Waals surface area (Å²) in [5, 5.41) is 10.5. The number of hydrogen-bond donors (Lipinski definition) is 1. The molecule has 1 heterocycles. The quantitative estimate of drug-likeness (QED) is 0.926. The molecule has 0 radical (unpaired) electrons. The van der Waals surface area contributed by atoms with Gasteiger partial charge in [0.25, 0.3) is 0 Å². The van der Waals surface area contributed by atoms with Crippen LogP contribution in [0.5, 0.6) is 11.5 Å². The molecule has 1 aliphatic carbocycles. The molecule has 1 N–H and O–H groups in total. The van der Waals surface area contributed by atoms with Crippen LogP contribution in [0, 0.1) is 5.92 Å². The maximum Gasteiger partial charge on any atom is 0.161 e. The van der Waals surface area contributed by atoms with Crippen LogP contribution in [0.2, 0.25) is 0 Å². The van der Waals surface area contributed by atoms with Gasteiger partial charge in [-0.2, -0.15) is 0 Å². The van der Waals surface area contributed by atoms with Gasteiger partial charge >= 0.3 is 0 Å². The summed E-state index contributed by atoms with van der Waals surface area (Å²) in [4.78, 5) is 0. The summed E-state index contributed by atoms with van der Waals surface area (Å²) in [6.07, 6.45) is 3.35. The molecule has 1 aromatic rings. The highest BCUT2D eigenvalue weighted by Crippen LogP contribution is 2.43. The number of aliphatic hydroxyl groups is 1. The van der Waals surface area contributed by atoms with Crippen molar-refractivity contribution >= 4 is 0 Å². The van der Waals surface area contributed by atoms with E-state index in [4.69, 9.17) is 14.2 Å². The Morgan fingerprint density at radius 3 is 2.62 bits per heavy atom. The highest BCUT2D eigenvalue weighted by atomic mass is 16.5. The van der Waals surface area contributed by atoms with E-state index < -0.39 is 6.10 Å². The average molecular weight is 292 g/mol. The smallest absolute Gasteiger partial charge is 0.161 e. The summed E-state index contributed by atoms with van der Waals surface area (Å²) < 4.78 is 17.1. The van der Waals surface area contributed by atoms with Gasteiger partial charge in [-0.15, -0.1) is 0 Å². The van der Waals surface area contributed by atoms with Gasteiger partial charge in [0, 0.05) is 19.4 Å². The Morgan fingerprint density at radius 1 is 1.29 bits per heavy atom. The Bertz CT molecular complexity index is 490. The van der Waals surface area contributed by atoms with Crippen LogP contribution in [0.4, 0.5) is 0 Å².